The first-order chi connectivity index (χ1) is 14.0. The average molecular weight is 399 g/mol. The number of aromatic nitrogens is 1. The van der Waals surface area contributed by atoms with Gasteiger partial charge in [0, 0.05) is 12.0 Å². The van der Waals surface area contributed by atoms with Crippen LogP contribution in [0.25, 0.3) is 11.3 Å². The van der Waals surface area contributed by atoms with Crippen molar-refractivity contribution in [2.75, 3.05) is 18.9 Å². The van der Waals surface area contributed by atoms with Crippen molar-refractivity contribution in [1.82, 2.24) is 10.3 Å². The van der Waals surface area contributed by atoms with Gasteiger partial charge in [-0.25, -0.2) is 9.78 Å². The van der Waals surface area contributed by atoms with Gasteiger partial charge in [-0.05, 0) is 32.4 Å². The van der Waals surface area contributed by atoms with E-state index in [1.807, 2.05) is 30.3 Å². The van der Waals surface area contributed by atoms with Crippen molar-refractivity contribution in [1.29, 1.82) is 0 Å². The van der Waals surface area contributed by atoms with Gasteiger partial charge in [-0.15, -0.1) is 0 Å². The molecule has 2 aromatic rings. The van der Waals surface area contributed by atoms with Crippen molar-refractivity contribution < 1.29 is 23.9 Å². The third kappa shape index (κ3) is 6.31. The molecular formula is C21H25N3O5. The van der Waals surface area contributed by atoms with Gasteiger partial charge in [0.05, 0.1) is 24.6 Å². The van der Waals surface area contributed by atoms with Gasteiger partial charge in [0.1, 0.15) is 11.7 Å². The molecule has 0 unspecified atom stereocenters. The van der Waals surface area contributed by atoms with Gasteiger partial charge in [0.25, 0.3) is 5.91 Å². The smallest absolute Gasteiger partial charge is 0.328 e. The molecule has 1 atom stereocenters. The number of pyridine rings is 1. The molecule has 0 aliphatic rings. The lowest BCUT2D eigenvalue weighted by Gasteiger charge is -2.17. The molecule has 0 saturated carbocycles. The number of amides is 1. The van der Waals surface area contributed by atoms with Crippen molar-refractivity contribution in [2.24, 2.45) is 0 Å². The zero-order valence-electron chi connectivity index (χ0n) is 16.5. The minimum Gasteiger partial charge on any atom is -0.466 e. The Morgan fingerprint density at radius 3 is 2.38 bits per heavy atom. The predicted octanol–water partition coefficient (Wildman–Crippen LogP) is 2.34. The highest BCUT2D eigenvalue weighted by molar-refractivity contribution is 5.96. The zero-order valence-corrected chi connectivity index (χ0v) is 16.5. The van der Waals surface area contributed by atoms with Gasteiger partial charge >= 0.3 is 11.9 Å². The number of nitrogens with two attached hydrogens (primary N) is 1. The quantitative estimate of drug-likeness (QED) is 0.621. The fourth-order valence-corrected chi connectivity index (χ4v) is 2.64. The predicted molar refractivity (Wildman–Crippen MR) is 108 cm³/mol. The Morgan fingerprint density at radius 1 is 1.03 bits per heavy atom. The maximum Gasteiger partial charge on any atom is 0.328 e. The van der Waals surface area contributed by atoms with E-state index in [1.54, 1.807) is 19.9 Å². The molecule has 0 radical (unpaired) electrons. The standard InChI is InChI=1S/C21H25N3O5/c1-3-28-18(25)13-12-17(21(27)29-4-2)24-20(26)16-11-10-15(22)19(23-16)14-8-6-5-7-9-14/h5-11,17H,3-4,12-13,22H2,1-2H3,(H,24,26)/t17-/m0/s1. The number of nitrogens with zero attached hydrogens (tertiary/aromatic N) is 1. The highest BCUT2D eigenvalue weighted by Crippen LogP contribution is 2.23. The maximum atomic E-state index is 12.7. The molecule has 8 heteroatoms. The highest BCUT2D eigenvalue weighted by Gasteiger charge is 2.24. The summed E-state index contributed by atoms with van der Waals surface area (Å²) in [5.74, 6) is -1.64. The minimum atomic E-state index is -0.994. The molecule has 154 valence electrons. The van der Waals surface area contributed by atoms with E-state index in [4.69, 9.17) is 15.2 Å². The molecule has 0 bridgehead atoms. The summed E-state index contributed by atoms with van der Waals surface area (Å²) in [6, 6.07) is 11.3. The van der Waals surface area contributed by atoms with E-state index >= 15 is 0 Å². The van der Waals surface area contributed by atoms with Crippen LogP contribution in [0, 0.1) is 0 Å². The van der Waals surface area contributed by atoms with Crippen LogP contribution in [-0.2, 0) is 19.1 Å². The summed E-state index contributed by atoms with van der Waals surface area (Å²) >= 11 is 0. The summed E-state index contributed by atoms with van der Waals surface area (Å²) < 4.78 is 9.87. The molecule has 0 aliphatic carbocycles. The molecule has 29 heavy (non-hydrogen) atoms. The molecule has 0 spiro atoms. The number of nitrogens with one attached hydrogen (secondary N) is 1. The normalized spacial score (nSPS) is 11.4. The molecule has 0 fully saturated rings. The van der Waals surface area contributed by atoms with Crippen LogP contribution in [0.5, 0.6) is 0 Å². The van der Waals surface area contributed by atoms with E-state index in [1.165, 1.54) is 6.07 Å². The van der Waals surface area contributed by atoms with Crippen LogP contribution in [0.2, 0.25) is 0 Å². The summed E-state index contributed by atoms with van der Waals surface area (Å²) in [5, 5.41) is 2.59. The van der Waals surface area contributed by atoms with E-state index < -0.39 is 23.9 Å². The third-order valence-electron chi connectivity index (χ3n) is 4.03. The summed E-state index contributed by atoms with van der Waals surface area (Å²) in [6.07, 6.45) is 0.0337. The zero-order chi connectivity index (χ0) is 21.2. The summed E-state index contributed by atoms with van der Waals surface area (Å²) in [7, 11) is 0. The Bertz CT molecular complexity index is 855. The molecule has 1 amide bonds. The first-order valence-electron chi connectivity index (χ1n) is 9.41. The van der Waals surface area contributed by atoms with Crippen LogP contribution < -0.4 is 11.1 Å². The van der Waals surface area contributed by atoms with Crippen LogP contribution in [0.1, 0.15) is 37.2 Å². The van der Waals surface area contributed by atoms with Crippen LogP contribution in [0.15, 0.2) is 42.5 Å². The lowest BCUT2D eigenvalue weighted by molar-refractivity contribution is -0.146. The second kappa shape index (κ2) is 10.8. The van der Waals surface area contributed by atoms with Crippen LogP contribution in [0.4, 0.5) is 5.69 Å². The molecule has 1 heterocycles. The fourth-order valence-electron chi connectivity index (χ4n) is 2.64. The Labute approximate surface area is 169 Å². The number of ether oxygens (including phenoxy) is 2. The third-order valence-corrected chi connectivity index (χ3v) is 4.03. The van der Waals surface area contributed by atoms with E-state index in [0.29, 0.717) is 11.4 Å². The fraction of sp³-hybridized carbons (Fsp3) is 0.333. The molecular weight excluding hydrogens is 374 g/mol. The summed E-state index contributed by atoms with van der Waals surface area (Å²) in [6.45, 7) is 3.76. The van der Waals surface area contributed by atoms with Crippen molar-refractivity contribution in [3.63, 3.8) is 0 Å². The summed E-state index contributed by atoms with van der Waals surface area (Å²) in [4.78, 5) is 40.8. The van der Waals surface area contributed by atoms with Crippen LogP contribution >= 0.6 is 0 Å². The van der Waals surface area contributed by atoms with Crippen molar-refractivity contribution in [3.8, 4) is 11.3 Å². The van der Waals surface area contributed by atoms with Crippen LogP contribution in [0.3, 0.4) is 0 Å². The number of esters is 2. The average Bonchev–Trinajstić information content (AvgIpc) is 2.72. The highest BCUT2D eigenvalue weighted by atomic mass is 16.5. The van der Waals surface area contributed by atoms with E-state index in [-0.39, 0.29) is 31.7 Å². The van der Waals surface area contributed by atoms with E-state index in [2.05, 4.69) is 10.3 Å². The first-order valence-corrected chi connectivity index (χ1v) is 9.41. The van der Waals surface area contributed by atoms with Crippen molar-refractivity contribution in [2.45, 2.75) is 32.7 Å². The molecule has 2 rings (SSSR count). The topological polar surface area (TPSA) is 121 Å². The molecule has 0 saturated heterocycles. The lowest BCUT2D eigenvalue weighted by atomic mass is 10.1. The molecule has 1 aromatic heterocycles. The second-order valence-electron chi connectivity index (χ2n) is 6.12. The second-order valence-corrected chi connectivity index (χ2v) is 6.12. The van der Waals surface area contributed by atoms with E-state index in [0.717, 1.165) is 5.56 Å². The van der Waals surface area contributed by atoms with Crippen LogP contribution in [-0.4, -0.2) is 42.1 Å². The molecule has 3 N–H and O–H groups in total. The van der Waals surface area contributed by atoms with Crippen molar-refractivity contribution >= 4 is 23.5 Å². The SMILES string of the molecule is CCOC(=O)CC[C@H](NC(=O)c1ccc(N)c(-c2ccccc2)n1)C(=O)OCC. The number of rotatable bonds is 9. The Morgan fingerprint density at radius 2 is 1.72 bits per heavy atom. The van der Waals surface area contributed by atoms with Gasteiger partial charge < -0.3 is 20.5 Å². The molecule has 1 aromatic carbocycles. The Kier molecular flexibility index (Phi) is 8.14. The van der Waals surface area contributed by atoms with Crippen molar-refractivity contribution in [3.05, 3.63) is 48.2 Å². The van der Waals surface area contributed by atoms with Gasteiger partial charge in [0.2, 0.25) is 0 Å². The number of carbonyl (C=O) groups excluding carboxylic acids is 3. The lowest BCUT2D eigenvalue weighted by Crippen LogP contribution is -2.42. The number of benzene rings is 1. The van der Waals surface area contributed by atoms with Gasteiger partial charge in [-0.3, -0.25) is 9.59 Å². The number of nitrogen functional groups attached to an aromatic ring is 1. The van der Waals surface area contributed by atoms with Gasteiger partial charge in [0.15, 0.2) is 0 Å². The number of carbonyl (C=O) groups is 3. The first kappa shape index (κ1) is 21.9. The largest absolute Gasteiger partial charge is 0.466 e. The molecule has 8 nitrogen and oxygen atoms in total. The Balaban J connectivity index is 2.17. The maximum absolute atomic E-state index is 12.7. The Hall–Kier alpha value is -3.42. The number of hydrogen-bond donors (Lipinski definition) is 2. The summed E-state index contributed by atoms with van der Waals surface area (Å²) in [5.41, 5.74) is 7.77. The van der Waals surface area contributed by atoms with Gasteiger partial charge in [-0.2, -0.15) is 0 Å². The minimum absolute atomic E-state index is 0.0258. The monoisotopic (exact) mass is 399 g/mol. The van der Waals surface area contributed by atoms with E-state index in [9.17, 15) is 14.4 Å². The van der Waals surface area contributed by atoms with Gasteiger partial charge in [-0.1, -0.05) is 30.3 Å². The number of hydrogen-bond acceptors (Lipinski definition) is 7. The molecule has 0 aliphatic heterocycles. The number of anilines is 1.